The van der Waals surface area contributed by atoms with E-state index in [1.165, 1.54) is 28.2 Å². The fraction of sp³-hybridized carbons (Fsp3) is 0.163. The Balaban J connectivity index is 0.000000182. The molecule has 0 amide bonds. The molecular formula is C43H38FIrN3SSi-2. The van der Waals surface area contributed by atoms with Gasteiger partial charge in [0.15, 0.2) is 0 Å². The smallest absolute Gasteiger partial charge is 0.140 e. The summed E-state index contributed by atoms with van der Waals surface area (Å²) in [4.78, 5) is 9.63. The topological polar surface area (TPSA) is 30.7 Å². The molecule has 3 heterocycles. The number of rotatable bonds is 6. The summed E-state index contributed by atoms with van der Waals surface area (Å²) in [6.07, 6.45) is 3.24. The molecule has 8 rings (SSSR count). The van der Waals surface area contributed by atoms with Crippen LogP contribution in [0.4, 0.5) is 4.39 Å². The molecule has 50 heavy (non-hydrogen) atoms. The van der Waals surface area contributed by atoms with Crippen molar-refractivity contribution in [3.63, 3.8) is 0 Å². The van der Waals surface area contributed by atoms with E-state index in [1.807, 2.05) is 72.8 Å². The summed E-state index contributed by atoms with van der Waals surface area (Å²) in [6.45, 7) is 11.7. The van der Waals surface area contributed by atoms with Crippen LogP contribution < -0.4 is 5.19 Å². The molecule has 3 aromatic heterocycles. The molecule has 8 aromatic rings. The summed E-state index contributed by atoms with van der Waals surface area (Å²) in [6, 6.07) is 44.5. The number of halogens is 1. The summed E-state index contributed by atoms with van der Waals surface area (Å²) in [5.74, 6) is 1.29. The molecule has 0 spiro atoms. The van der Waals surface area contributed by atoms with Crippen molar-refractivity contribution >= 4 is 55.8 Å². The zero-order chi connectivity index (χ0) is 34.1. The Kier molecular flexibility index (Phi) is 10.6. The molecule has 0 saturated carbocycles. The van der Waals surface area contributed by atoms with E-state index in [-0.39, 0.29) is 25.9 Å². The van der Waals surface area contributed by atoms with E-state index in [1.54, 1.807) is 6.07 Å². The zero-order valence-electron chi connectivity index (χ0n) is 28.8. The van der Waals surface area contributed by atoms with Crippen LogP contribution in [0.25, 0.3) is 59.5 Å². The molecule has 0 unspecified atom stereocenters. The number of pyridine rings is 1. The third-order valence-electron chi connectivity index (χ3n) is 8.62. The van der Waals surface area contributed by atoms with Crippen molar-refractivity contribution in [2.75, 3.05) is 0 Å². The van der Waals surface area contributed by atoms with Crippen LogP contribution in [0.3, 0.4) is 0 Å². The van der Waals surface area contributed by atoms with E-state index in [0.29, 0.717) is 10.6 Å². The molecule has 253 valence electrons. The number of nitrogens with zero attached hydrogens (tertiary/aromatic N) is 3. The van der Waals surface area contributed by atoms with Crippen molar-refractivity contribution in [1.29, 1.82) is 0 Å². The third-order valence-corrected chi connectivity index (χ3v) is 11.9. The van der Waals surface area contributed by atoms with Gasteiger partial charge in [-0.25, -0.2) is 4.39 Å². The van der Waals surface area contributed by atoms with Gasteiger partial charge in [-0.2, -0.15) is 11.3 Å². The van der Waals surface area contributed by atoms with Gasteiger partial charge in [0.05, 0.1) is 29.6 Å². The van der Waals surface area contributed by atoms with E-state index in [9.17, 15) is 4.39 Å². The summed E-state index contributed by atoms with van der Waals surface area (Å²) >= 11 is 1.46. The molecule has 0 aliphatic heterocycles. The van der Waals surface area contributed by atoms with E-state index >= 15 is 0 Å². The van der Waals surface area contributed by atoms with Gasteiger partial charge < -0.3 is 9.55 Å². The molecule has 3 nitrogen and oxygen atoms in total. The van der Waals surface area contributed by atoms with E-state index in [4.69, 9.17) is 4.98 Å². The predicted molar refractivity (Wildman–Crippen MR) is 208 cm³/mol. The second-order valence-corrected chi connectivity index (χ2v) is 19.8. The molecule has 5 aromatic carbocycles. The van der Waals surface area contributed by atoms with Gasteiger partial charge in [0.1, 0.15) is 5.82 Å². The van der Waals surface area contributed by atoms with Crippen molar-refractivity contribution in [3.05, 3.63) is 145 Å². The molecule has 0 aliphatic carbocycles. The van der Waals surface area contributed by atoms with Crippen molar-refractivity contribution in [2.24, 2.45) is 5.92 Å². The number of para-hydroxylation sites is 3. The van der Waals surface area contributed by atoms with Crippen LogP contribution in [0.2, 0.25) is 19.6 Å². The number of benzene rings is 5. The molecule has 0 bridgehead atoms. The minimum Gasteiger partial charge on any atom is -0.333 e. The largest absolute Gasteiger partial charge is 0.333 e. The fourth-order valence-electron chi connectivity index (χ4n) is 6.41. The number of hydrogen-bond donors (Lipinski definition) is 0. The Morgan fingerprint density at radius 1 is 0.800 bits per heavy atom. The molecule has 0 N–H and O–H groups in total. The van der Waals surface area contributed by atoms with Crippen LogP contribution >= 0.6 is 11.3 Å². The number of aromatic nitrogens is 3. The first kappa shape index (κ1) is 35.6. The van der Waals surface area contributed by atoms with Crippen LogP contribution in [0.15, 0.2) is 121 Å². The summed E-state index contributed by atoms with van der Waals surface area (Å²) in [5, 5.41) is 3.46. The molecule has 0 atom stereocenters. The van der Waals surface area contributed by atoms with Crippen molar-refractivity contribution in [2.45, 2.75) is 39.9 Å². The van der Waals surface area contributed by atoms with E-state index in [0.717, 1.165) is 61.3 Å². The molecule has 0 fully saturated rings. The molecular weight excluding hydrogens is 830 g/mol. The van der Waals surface area contributed by atoms with Gasteiger partial charge in [-0.05, 0) is 63.6 Å². The zero-order valence-corrected chi connectivity index (χ0v) is 33.0. The second-order valence-electron chi connectivity index (χ2n) is 13.8. The average Bonchev–Trinajstić information content (AvgIpc) is 3.68. The maximum atomic E-state index is 14.4. The van der Waals surface area contributed by atoms with E-state index in [2.05, 4.69) is 91.7 Å². The fourth-order valence-corrected chi connectivity index (χ4v) is 9.20. The van der Waals surface area contributed by atoms with Crippen molar-refractivity contribution in [1.82, 2.24) is 14.5 Å². The summed E-state index contributed by atoms with van der Waals surface area (Å²) in [5.41, 5.74) is 7.48. The summed E-state index contributed by atoms with van der Waals surface area (Å²) in [7, 11) is -1.34. The number of imidazole rings is 1. The Bertz CT molecular complexity index is 2400. The molecule has 7 heteroatoms. The minimum atomic E-state index is -1.34. The first-order valence-corrected chi connectivity index (χ1v) is 21.0. The third kappa shape index (κ3) is 7.14. The quantitative estimate of drug-likeness (QED) is 0.123. The second kappa shape index (κ2) is 14.9. The van der Waals surface area contributed by atoms with Crippen molar-refractivity contribution in [3.8, 4) is 28.3 Å². The number of thiophene rings is 1. The Morgan fingerprint density at radius 2 is 1.54 bits per heavy atom. The van der Waals surface area contributed by atoms with Crippen molar-refractivity contribution < 1.29 is 24.5 Å². The first-order chi connectivity index (χ1) is 23.7. The monoisotopic (exact) mass is 868 g/mol. The normalized spacial score (nSPS) is 11.5. The van der Waals surface area contributed by atoms with Crippen LogP contribution in [0, 0.1) is 23.9 Å². The van der Waals surface area contributed by atoms with Crippen LogP contribution in [-0.2, 0) is 26.5 Å². The number of fused-ring (bicyclic) bond motifs is 4. The molecule has 0 aliphatic rings. The van der Waals surface area contributed by atoms with Crippen LogP contribution in [0.5, 0.6) is 0 Å². The summed E-state index contributed by atoms with van der Waals surface area (Å²) < 4.78 is 18.3. The van der Waals surface area contributed by atoms with Gasteiger partial charge >= 0.3 is 0 Å². The van der Waals surface area contributed by atoms with Gasteiger partial charge in [-0.3, -0.25) is 4.98 Å². The maximum Gasteiger partial charge on any atom is 0.140 e. The average molecular weight is 868 g/mol. The van der Waals surface area contributed by atoms with Gasteiger partial charge in [0.2, 0.25) is 0 Å². The Morgan fingerprint density at radius 3 is 2.28 bits per heavy atom. The van der Waals surface area contributed by atoms with Crippen LogP contribution in [0.1, 0.15) is 19.4 Å². The van der Waals surface area contributed by atoms with Crippen LogP contribution in [-0.4, -0.2) is 22.6 Å². The van der Waals surface area contributed by atoms with Gasteiger partial charge in [-0.15, -0.1) is 54.1 Å². The van der Waals surface area contributed by atoms with Gasteiger partial charge in [0, 0.05) is 32.0 Å². The predicted octanol–water partition coefficient (Wildman–Crippen LogP) is 11.3. The molecule has 0 saturated heterocycles. The van der Waals surface area contributed by atoms with E-state index < -0.39 is 8.07 Å². The Labute approximate surface area is 312 Å². The first-order valence-electron chi connectivity index (χ1n) is 16.7. The maximum absolute atomic E-state index is 14.4. The molecule has 1 radical (unpaired) electrons. The number of hydrogen-bond acceptors (Lipinski definition) is 3. The standard InChI is InChI=1S/C25H14FN2S.C18H24NSi.Ir/c26-20-13-7-11-18-17-10-6-12-19(23(17)29-24(18)20)25-27-21-14-4-5-15-22(21)28(25)16-8-2-1-3-9-16;1-14(2)11-16-12-17(15-9-7-6-8-10-15)19-13-18(16)20(3,4)5;/h1-11,13-15H;6-9,12-14H,11H2,1-5H3;/q2*-1;. The van der Waals surface area contributed by atoms with Gasteiger partial charge in [-0.1, -0.05) is 98.5 Å². The SMILES string of the molecule is CC(C)Cc1cc(-c2[c-]cccc2)ncc1[Si](C)(C)C.Fc1cccc2c1sc1c(-c3nc4ccccc4n3-c3ccccc3)[c-]ccc12.[Ir]. The Hall–Kier alpha value is -4.26. The minimum absolute atomic E-state index is 0. The van der Waals surface area contributed by atoms with Gasteiger partial charge in [0.25, 0.3) is 0 Å².